The first-order valence-corrected chi connectivity index (χ1v) is 7.12. The molecule has 0 unspecified atom stereocenters. The molecule has 1 aromatic heterocycles. The van der Waals surface area contributed by atoms with Crippen molar-refractivity contribution in [2.24, 2.45) is 0 Å². The van der Waals surface area contributed by atoms with Crippen molar-refractivity contribution in [2.75, 3.05) is 18.9 Å². The van der Waals surface area contributed by atoms with Gasteiger partial charge < -0.3 is 19.9 Å². The Labute approximate surface area is 131 Å². The van der Waals surface area contributed by atoms with Gasteiger partial charge >= 0.3 is 0 Å². The van der Waals surface area contributed by atoms with Gasteiger partial charge in [0.15, 0.2) is 11.5 Å². The summed E-state index contributed by atoms with van der Waals surface area (Å²) in [5, 5.41) is 0.696. The summed E-state index contributed by atoms with van der Waals surface area (Å²) < 4.78 is 30.7. The summed E-state index contributed by atoms with van der Waals surface area (Å²) in [6.45, 7) is 0.953. The van der Waals surface area contributed by atoms with E-state index in [1.807, 2.05) is 12.1 Å². The van der Waals surface area contributed by atoms with Crippen LogP contribution in [0, 0.1) is 5.82 Å². The van der Waals surface area contributed by atoms with Crippen LogP contribution in [0.2, 0.25) is 0 Å². The number of anilines is 1. The van der Waals surface area contributed by atoms with Crippen LogP contribution in [0.15, 0.2) is 42.6 Å². The van der Waals surface area contributed by atoms with Gasteiger partial charge in [0, 0.05) is 12.3 Å². The third-order valence-corrected chi connectivity index (χ3v) is 3.57. The molecule has 23 heavy (non-hydrogen) atoms. The first kappa shape index (κ1) is 13.6. The van der Waals surface area contributed by atoms with E-state index >= 15 is 0 Å². The molecule has 0 spiro atoms. The van der Waals surface area contributed by atoms with Gasteiger partial charge in [-0.2, -0.15) is 0 Å². The summed E-state index contributed by atoms with van der Waals surface area (Å²) in [5.74, 6) is 1.57. The van der Waals surface area contributed by atoms with Crippen molar-refractivity contribution in [1.29, 1.82) is 0 Å². The average Bonchev–Trinajstić information content (AvgIpc) is 2.58. The van der Waals surface area contributed by atoms with Crippen molar-refractivity contribution in [3.63, 3.8) is 0 Å². The molecule has 2 aromatic carbocycles. The van der Waals surface area contributed by atoms with Crippen molar-refractivity contribution >= 4 is 16.6 Å². The van der Waals surface area contributed by atoms with Crippen molar-refractivity contribution in [3.05, 3.63) is 48.4 Å². The summed E-state index contributed by atoms with van der Waals surface area (Å²) in [4.78, 5) is 4.31. The molecule has 0 fully saturated rings. The molecular weight excluding hydrogens is 299 g/mol. The fraction of sp³-hybridized carbons (Fsp3) is 0.118. The molecule has 4 rings (SSSR count). The van der Waals surface area contributed by atoms with Gasteiger partial charge in [-0.05, 0) is 30.3 Å². The number of benzene rings is 2. The van der Waals surface area contributed by atoms with Gasteiger partial charge in [0.1, 0.15) is 30.5 Å². The predicted molar refractivity (Wildman–Crippen MR) is 83.6 cm³/mol. The number of hydrogen-bond acceptors (Lipinski definition) is 5. The number of fused-ring (bicyclic) bond motifs is 3. The molecule has 116 valence electrons. The molecule has 3 aromatic rings. The molecule has 0 saturated carbocycles. The van der Waals surface area contributed by atoms with Gasteiger partial charge in [0.05, 0.1) is 16.6 Å². The summed E-state index contributed by atoms with van der Waals surface area (Å²) >= 11 is 0. The maximum atomic E-state index is 13.6. The van der Waals surface area contributed by atoms with Crippen LogP contribution < -0.4 is 19.9 Å². The minimum Gasteiger partial charge on any atom is -0.486 e. The van der Waals surface area contributed by atoms with E-state index in [1.165, 1.54) is 12.1 Å². The Morgan fingerprint density at radius 2 is 1.96 bits per heavy atom. The zero-order chi connectivity index (χ0) is 15.8. The minimum absolute atomic E-state index is 0.0750. The van der Waals surface area contributed by atoms with Crippen LogP contribution in [0.1, 0.15) is 0 Å². The van der Waals surface area contributed by atoms with Gasteiger partial charge in [-0.1, -0.05) is 0 Å². The zero-order valence-electron chi connectivity index (χ0n) is 12.1. The lowest BCUT2D eigenvalue weighted by molar-refractivity contribution is 0.173. The van der Waals surface area contributed by atoms with E-state index in [0.29, 0.717) is 47.1 Å². The van der Waals surface area contributed by atoms with Crippen LogP contribution in [0.3, 0.4) is 0 Å². The quantitative estimate of drug-likeness (QED) is 0.733. The minimum atomic E-state index is -0.525. The van der Waals surface area contributed by atoms with Crippen molar-refractivity contribution in [3.8, 4) is 23.0 Å². The molecule has 0 atom stereocenters. The Hall–Kier alpha value is -3.02. The van der Waals surface area contributed by atoms with Gasteiger partial charge in [0.2, 0.25) is 0 Å². The Bertz CT molecular complexity index is 898. The largest absolute Gasteiger partial charge is 0.486 e. The van der Waals surface area contributed by atoms with Crippen LogP contribution in [-0.2, 0) is 0 Å². The van der Waals surface area contributed by atoms with Gasteiger partial charge in [-0.25, -0.2) is 4.39 Å². The van der Waals surface area contributed by atoms with Crippen LogP contribution in [0.4, 0.5) is 10.1 Å². The van der Waals surface area contributed by atoms with Gasteiger partial charge in [-0.15, -0.1) is 0 Å². The molecule has 0 bridgehead atoms. The molecule has 0 aliphatic carbocycles. The topological polar surface area (TPSA) is 66.6 Å². The van der Waals surface area contributed by atoms with Crippen molar-refractivity contribution in [1.82, 2.24) is 4.98 Å². The molecule has 5 nitrogen and oxygen atoms in total. The second-order valence-corrected chi connectivity index (χ2v) is 5.08. The highest BCUT2D eigenvalue weighted by atomic mass is 19.1. The summed E-state index contributed by atoms with van der Waals surface area (Å²) in [7, 11) is 0. The van der Waals surface area contributed by atoms with Gasteiger partial charge in [-0.3, -0.25) is 4.98 Å². The first-order chi connectivity index (χ1) is 11.2. The number of nitrogens with zero attached hydrogens (tertiary/aromatic N) is 1. The van der Waals surface area contributed by atoms with E-state index in [9.17, 15) is 4.39 Å². The highest BCUT2D eigenvalue weighted by molar-refractivity contribution is 5.93. The highest BCUT2D eigenvalue weighted by Gasteiger charge is 2.19. The van der Waals surface area contributed by atoms with E-state index in [1.54, 1.807) is 18.3 Å². The van der Waals surface area contributed by atoms with E-state index in [4.69, 9.17) is 19.9 Å². The second kappa shape index (κ2) is 5.31. The Kier molecular flexibility index (Phi) is 3.15. The van der Waals surface area contributed by atoms with E-state index in [2.05, 4.69) is 4.98 Å². The third kappa shape index (κ3) is 2.38. The Balaban J connectivity index is 1.84. The fourth-order valence-electron chi connectivity index (χ4n) is 2.50. The number of ether oxygens (including phenoxy) is 3. The number of nitrogens with two attached hydrogens (primary N) is 1. The number of aromatic nitrogens is 1. The van der Waals surface area contributed by atoms with Gasteiger partial charge in [0.25, 0.3) is 0 Å². The summed E-state index contributed by atoms with van der Waals surface area (Å²) in [5.41, 5.74) is 6.27. The number of pyridine rings is 1. The molecule has 6 heteroatoms. The summed E-state index contributed by atoms with van der Waals surface area (Å²) in [6.07, 6.45) is 1.63. The van der Waals surface area contributed by atoms with E-state index < -0.39 is 5.82 Å². The van der Waals surface area contributed by atoms with E-state index in [0.717, 1.165) is 0 Å². The molecule has 0 radical (unpaired) electrons. The molecule has 1 aliphatic heterocycles. The summed E-state index contributed by atoms with van der Waals surface area (Å²) in [6, 6.07) is 9.67. The molecule has 2 N–H and O–H groups in total. The molecule has 0 amide bonds. The number of halogens is 1. The zero-order valence-corrected chi connectivity index (χ0v) is 12.1. The number of rotatable bonds is 2. The van der Waals surface area contributed by atoms with Crippen LogP contribution in [-0.4, -0.2) is 18.2 Å². The second-order valence-electron chi connectivity index (χ2n) is 5.08. The monoisotopic (exact) mass is 312 g/mol. The maximum absolute atomic E-state index is 13.6. The lowest BCUT2D eigenvalue weighted by Gasteiger charge is -2.20. The molecular formula is C17H13FN2O3. The first-order valence-electron chi connectivity index (χ1n) is 7.12. The third-order valence-electron chi connectivity index (χ3n) is 3.57. The fourth-order valence-corrected chi connectivity index (χ4v) is 2.50. The Morgan fingerprint density at radius 3 is 2.83 bits per heavy atom. The normalized spacial score (nSPS) is 13.1. The number of hydrogen-bond donors (Lipinski definition) is 1. The maximum Gasteiger partial charge on any atom is 0.174 e. The number of nitrogen functional groups attached to an aromatic ring is 1. The van der Waals surface area contributed by atoms with Crippen molar-refractivity contribution < 1.29 is 18.6 Å². The van der Waals surface area contributed by atoms with Crippen molar-refractivity contribution in [2.45, 2.75) is 0 Å². The smallest absolute Gasteiger partial charge is 0.174 e. The SMILES string of the molecule is Nc1ccc(Oc2ccnc3ccc4c(c23)OCCO4)cc1F. The predicted octanol–water partition coefficient (Wildman–Crippen LogP) is 3.52. The lowest BCUT2D eigenvalue weighted by atomic mass is 10.1. The molecule has 0 saturated heterocycles. The highest BCUT2D eigenvalue weighted by Crippen LogP contribution is 2.42. The average molecular weight is 312 g/mol. The molecule has 2 heterocycles. The Morgan fingerprint density at radius 1 is 1.09 bits per heavy atom. The molecule has 1 aliphatic rings. The standard InChI is InChI=1S/C17H13FN2O3/c18-11-9-10(1-2-12(11)19)23-14-5-6-20-13-3-4-15-17(16(13)14)22-8-7-21-15/h1-6,9H,7-8,19H2. The van der Waals surface area contributed by atoms with E-state index in [-0.39, 0.29) is 5.69 Å². The lowest BCUT2D eigenvalue weighted by Crippen LogP contribution is -2.15. The van der Waals surface area contributed by atoms with Crippen LogP contribution in [0.5, 0.6) is 23.0 Å². The van der Waals surface area contributed by atoms with Crippen LogP contribution >= 0.6 is 0 Å². The van der Waals surface area contributed by atoms with Crippen LogP contribution in [0.25, 0.3) is 10.9 Å².